The molecule has 3 fully saturated rings. The molecule has 1 aromatic rings. The molecule has 4 rings (SSSR count). The number of anilines is 1. The van der Waals surface area contributed by atoms with Gasteiger partial charge in [-0.2, -0.15) is 5.10 Å². The fraction of sp³-hybridized carbons (Fsp3) is 0.789. The fourth-order valence-corrected chi connectivity index (χ4v) is 5.03. The Labute approximate surface area is 156 Å². The van der Waals surface area contributed by atoms with E-state index in [1.54, 1.807) is 0 Å². The van der Waals surface area contributed by atoms with Gasteiger partial charge in [0.1, 0.15) is 0 Å². The fourth-order valence-electron chi connectivity index (χ4n) is 5.03. The number of nitrogens with one attached hydrogen (secondary N) is 2. The monoisotopic (exact) mass is 360 g/mol. The Hall–Kier alpha value is -1.76. The summed E-state index contributed by atoms with van der Waals surface area (Å²) in [5, 5.41) is 11.7. The van der Waals surface area contributed by atoms with Crippen LogP contribution in [0.4, 0.5) is 5.69 Å². The van der Waals surface area contributed by atoms with E-state index in [0.29, 0.717) is 24.1 Å². The molecular weight excluding hydrogens is 328 g/mol. The SMILES string of the molecule is CN=C(NC1CCCN(c2cnn(C)c2)C1)NC1C2CCOC2C1(C)C. The lowest BCUT2D eigenvalue weighted by atomic mass is 9.57. The van der Waals surface area contributed by atoms with Crippen molar-refractivity contribution in [1.29, 1.82) is 0 Å². The minimum absolute atomic E-state index is 0.160. The highest BCUT2D eigenvalue weighted by Crippen LogP contribution is 2.52. The van der Waals surface area contributed by atoms with Crippen molar-refractivity contribution in [2.75, 3.05) is 31.6 Å². The maximum absolute atomic E-state index is 5.91. The summed E-state index contributed by atoms with van der Waals surface area (Å²) in [5.74, 6) is 1.54. The molecule has 2 saturated heterocycles. The topological polar surface area (TPSA) is 66.7 Å². The molecule has 0 radical (unpaired) electrons. The van der Waals surface area contributed by atoms with Crippen LogP contribution in [0, 0.1) is 11.3 Å². The second-order valence-corrected chi connectivity index (χ2v) is 8.56. The first-order chi connectivity index (χ1) is 12.5. The molecule has 4 atom stereocenters. The lowest BCUT2D eigenvalue weighted by molar-refractivity contribution is -0.106. The van der Waals surface area contributed by atoms with Crippen LogP contribution >= 0.6 is 0 Å². The third-order valence-corrected chi connectivity index (χ3v) is 6.43. The molecule has 1 saturated carbocycles. The maximum Gasteiger partial charge on any atom is 0.191 e. The van der Waals surface area contributed by atoms with E-state index in [2.05, 4.69) is 45.7 Å². The van der Waals surface area contributed by atoms with Crippen molar-refractivity contribution >= 4 is 11.6 Å². The van der Waals surface area contributed by atoms with Crippen molar-refractivity contribution in [1.82, 2.24) is 20.4 Å². The highest BCUT2D eigenvalue weighted by molar-refractivity contribution is 5.80. The van der Waals surface area contributed by atoms with Crippen LogP contribution < -0.4 is 15.5 Å². The largest absolute Gasteiger partial charge is 0.377 e. The highest BCUT2D eigenvalue weighted by Gasteiger charge is 2.59. The lowest BCUT2D eigenvalue weighted by Gasteiger charge is -2.55. The first-order valence-electron chi connectivity index (χ1n) is 9.84. The van der Waals surface area contributed by atoms with Gasteiger partial charge in [0, 0.05) is 63.4 Å². The smallest absolute Gasteiger partial charge is 0.191 e. The Morgan fingerprint density at radius 2 is 2.19 bits per heavy atom. The molecule has 2 N–H and O–H groups in total. The maximum atomic E-state index is 5.91. The second-order valence-electron chi connectivity index (χ2n) is 8.56. The van der Waals surface area contributed by atoms with Crippen LogP contribution in [0.15, 0.2) is 17.4 Å². The lowest BCUT2D eigenvalue weighted by Crippen LogP contribution is -2.68. The minimum Gasteiger partial charge on any atom is -0.377 e. The third kappa shape index (κ3) is 3.06. The molecule has 1 aromatic heterocycles. The Balaban J connectivity index is 1.36. The Morgan fingerprint density at radius 3 is 2.92 bits per heavy atom. The van der Waals surface area contributed by atoms with E-state index in [0.717, 1.165) is 32.1 Å². The van der Waals surface area contributed by atoms with Gasteiger partial charge >= 0.3 is 0 Å². The van der Waals surface area contributed by atoms with Gasteiger partial charge in [-0.3, -0.25) is 9.67 Å². The summed E-state index contributed by atoms with van der Waals surface area (Å²) in [6, 6.07) is 0.827. The quantitative estimate of drug-likeness (QED) is 0.629. The van der Waals surface area contributed by atoms with Crippen LogP contribution in [0.3, 0.4) is 0 Å². The zero-order chi connectivity index (χ0) is 18.3. The van der Waals surface area contributed by atoms with E-state index in [1.807, 2.05) is 25.0 Å². The van der Waals surface area contributed by atoms with Crippen LogP contribution in [0.2, 0.25) is 0 Å². The standard InChI is InChI=1S/C19H32N6O/c1-19(2)16(15-7-9-26-17(15)19)23-18(20-3)22-13-6-5-8-25(11-13)14-10-21-24(4)12-14/h10,12-13,15-17H,5-9,11H2,1-4H3,(H2,20,22,23). The van der Waals surface area contributed by atoms with Crippen molar-refractivity contribution < 1.29 is 4.74 Å². The number of rotatable bonds is 3. The normalized spacial score (nSPS) is 33.5. The summed E-state index contributed by atoms with van der Waals surface area (Å²) < 4.78 is 7.78. The van der Waals surface area contributed by atoms with Gasteiger partial charge in [0.05, 0.1) is 18.0 Å². The van der Waals surface area contributed by atoms with Crippen LogP contribution in [-0.2, 0) is 11.8 Å². The van der Waals surface area contributed by atoms with Crippen LogP contribution in [0.1, 0.15) is 33.1 Å². The molecule has 1 aliphatic carbocycles. The van der Waals surface area contributed by atoms with Crippen molar-refractivity contribution in [3.8, 4) is 0 Å². The Morgan fingerprint density at radius 1 is 1.35 bits per heavy atom. The molecular formula is C19H32N6O. The van der Waals surface area contributed by atoms with Crippen LogP contribution in [-0.4, -0.2) is 60.7 Å². The van der Waals surface area contributed by atoms with Gasteiger partial charge in [-0.1, -0.05) is 13.8 Å². The van der Waals surface area contributed by atoms with Crippen molar-refractivity contribution in [2.24, 2.45) is 23.4 Å². The number of aliphatic imine (C=N–C) groups is 1. The number of guanidine groups is 1. The van der Waals surface area contributed by atoms with E-state index in [-0.39, 0.29) is 5.41 Å². The van der Waals surface area contributed by atoms with Gasteiger partial charge < -0.3 is 20.3 Å². The highest BCUT2D eigenvalue weighted by atomic mass is 16.5. The van der Waals surface area contributed by atoms with Gasteiger partial charge in [0.2, 0.25) is 0 Å². The summed E-state index contributed by atoms with van der Waals surface area (Å²) in [7, 11) is 3.83. The summed E-state index contributed by atoms with van der Waals surface area (Å²) >= 11 is 0. The average Bonchev–Trinajstić information content (AvgIpc) is 3.26. The predicted molar refractivity (Wildman–Crippen MR) is 103 cm³/mol. The summed E-state index contributed by atoms with van der Waals surface area (Å²) in [6.07, 6.45) is 7.94. The summed E-state index contributed by atoms with van der Waals surface area (Å²) in [5.41, 5.74) is 1.36. The third-order valence-electron chi connectivity index (χ3n) is 6.43. The van der Waals surface area contributed by atoms with Gasteiger partial charge in [0.25, 0.3) is 0 Å². The van der Waals surface area contributed by atoms with E-state index < -0.39 is 0 Å². The second kappa shape index (κ2) is 6.76. The number of nitrogens with zero attached hydrogens (tertiary/aromatic N) is 4. The molecule has 0 aromatic carbocycles. The molecule has 3 heterocycles. The molecule has 0 spiro atoms. The Bertz CT molecular complexity index is 669. The van der Waals surface area contributed by atoms with E-state index in [1.165, 1.54) is 18.5 Å². The average molecular weight is 361 g/mol. The molecule has 3 aliphatic rings. The zero-order valence-electron chi connectivity index (χ0n) is 16.4. The number of aromatic nitrogens is 2. The van der Waals surface area contributed by atoms with E-state index in [9.17, 15) is 0 Å². The van der Waals surface area contributed by atoms with E-state index in [4.69, 9.17) is 4.74 Å². The first kappa shape index (κ1) is 17.6. The van der Waals surface area contributed by atoms with Crippen molar-refractivity contribution in [3.63, 3.8) is 0 Å². The molecule has 26 heavy (non-hydrogen) atoms. The number of fused-ring (bicyclic) bond motifs is 1. The Kier molecular flexibility index (Phi) is 4.59. The predicted octanol–water partition coefficient (Wildman–Crippen LogP) is 1.37. The van der Waals surface area contributed by atoms with Crippen LogP contribution in [0.25, 0.3) is 0 Å². The molecule has 144 valence electrons. The van der Waals surface area contributed by atoms with E-state index >= 15 is 0 Å². The molecule has 7 heteroatoms. The molecule has 4 unspecified atom stereocenters. The number of ether oxygens (including phenoxy) is 1. The number of aryl methyl sites for hydroxylation is 1. The molecule has 0 bridgehead atoms. The van der Waals surface area contributed by atoms with Crippen LogP contribution in [0.5, 0.6) is 0 Å². The first-order valence-corrected chi connectivity index (χ1v) is 9.84. The summed E-state index contributed by atoms with van der Waals surface area (Å²) in [6.45, 7) is 7.57. The van der Waals surface area contributed by atoms with Gasteiger partial charge in [-0.05, 0) is 19.3 Å². The van der Waals surface area contributed by atoms with Gasteiger partial charge in [0.15, 0.2) is 5.96 Å². The number of hydrogen-bond donors (Lipinski definition) is 2. The molecule has 2 aliphatic heterocycles. The minimum atomic E-state index is 0.160. The van der Waals surface area contributed by atoms with Crippen molar-refractivity contribution in [2.45, 2.75) is 51.3 Å². The van der Waals surface area contributed by atoms with Crippen molar-refractivity contribution in [3.05, 3.63) is 12.4 Å². The number of hydrogen-bond acceptors (Lipinski definition) is 4. The molecule has 7 nitrogen and oxygen atoms in total. The molecule has 0 amide bonds. The summed E-state index contributed by atoms with van der Waals surface area (Å²) in [4.78, 5) is 6.92. The van der Waals surface area contributed by atoms with Gasteiger partial charge in [-0.25, -0.2) is 0 Å². The van der Waals surface area contributed by atoms with Gasteiger partial charge in [-0.15, -0.1) is 0 Å². The number of piperidine rings is 1. The zero-order valence-corrected chi connectivity index (χ0v) is 16.4.